The minimum atomic E-state index is -2.13. The Hall–Kier alpha value is -3.27. The molecule has 1 saturated heterocycles. The summed E-state index contributed by atoms with van der Waals surface area (Å²) in [6.07, 6.45) is 2.21. The van der Waals surface area contributed by atoms with Gasteiger partial charge in [-0.3, -0.25) is 14.5 Å². The lowest BCUT2D eigenvalue weighted by Gasteiger charge is -2.43. The first kappa shape index (κ1) is 23.9. The van der Waals surface area contributed by atoms with E-state index in [0.29, 0.717) is 13.0 Å². The van der Waals surface area contributed by atoms with Gasteiger partial charge in [0.05, 0.1) is 19.6 Å². The molecule has 0 radical (unpaired) electrons. The third-order valence-electron chi connectivity index (χ3n) is 6.25. The molecule has 0 saturated carbocycles. The van der Waals surface area contributed by atoms with E-state index in [9.17, 15) is 19.1 Å². The number of benzene rings is 1. The minimum absolute atomic E-state index is 0.00931. The number of hydrogen-bond acceptors (Lipinski definition) is 6. The highest BCUT2D eigenvalue weighted by molar-refractivity contribution is 5.87. The summed E-state index contributed by atoms with van der Waals surface area (Å²) < 4.78 is 34.1. The molecule has 0 bridgehead atoms. The highest BCUT2D eigenvalue weighted by atomic mass is 19.1. The van der Waals surface area contributed by atoms with Gasteiger partial charge in [-0.25, -0.2) is 13.8 Å². The summed E-state index contributed by atoms with van der Waals surface area (Å²) in [6, 6.07) is 6.86. The van der Waals surface area contributed by atoms with Gasteiger partial charge in [-0.15, -0.1) is 0 Å². The average molecular weight is 475 g/mol. The fourth-order valence-corrected chi connectivity index (χ4v) is 4.36. The van der Waals surface area contributed by atoms with Crippen molar-refractivity contribution in [2.75, 3.05) is 38.6 Å². The number of carboxylic acid groups (broad SMARTS) is 1. The summed E-state index contributed by atoms with van der Waals surface area (Å²) in [5, 5.41) is 15.0. The highest BCUT2D eigenvalue weighted by Crippen LogP contribution is 2.29. The van der Waals surface area contributed by atoms with Gasteiger partial charge >= 0.3 is 5.97 Å². The number of nitrogens with one attached hydrogen (secondary N) is 2. The third-order valence-corrected chi connectivity index (χ3v) is 6.25. The monoisotopic (exact) mass is 474 g/mol. The van der Waals surface area contributed by atoms with Crippen LogP contribution in [-0.2, 0) is 22.4 Å². The number of nitrogens with zero attached hydrogens (tertiary/aromatic N) is 2. The number of alkyl halides is 1. The number of carbonyl (C=O) groups excluding carboxylic acids is 1. The van der Waals surface area contributed by atoms with Crippen LogP contribution in [0.2, 0.25) is 0 Å². The van der Waals surface area contributed by atoms with Gasteiger partial charge in [-0.1, -0.05) is 12.1 Å². The number of carboxylic acids is 1. The lowest BCUT2D eigenvalue weighted by molar-refractivity contribution is -0.146. The molecule has 1 atom stereocenters. The molecule has 182 valence electrons. The van der Waals surface area contributed by atoms with Gasteiger partial charge in [0, 0.05) is 38.3 Å². The Balaban J connectivity index is 1.33. The van der Waals surface area contributed by atoms with Gasteiger partial charge in [-0.2, -0.15) is 0 Å². The van der Waals surface area contributed by atoms with Crippen LogP contribution in [0, 0.1) is 5.82 Å². The molecule has 1 aromatic heterocycles. The molecule has 0 unspecified atom stereocenters. The number of likely N-dealkylation sites (tertiary alicyclic amines) is 1. The van der Waals surface area contributed by atoms with Crippen molar-refractivity contribution in [1.29, 1.82) is 0 Å². The zero-order valence-corrected chi connectivity index (χ0v) is 18.9. The fraction of sp³-hybridized carbons (Fsp3) is 0.458. The van der Waals surface area contributed by atoms with Crippen LogP contribution in [0.4, 0.5) is 14.6 Å². The van der Waals surface area contributed by atoms with Gasteiger partial charge in [0.15, 0.2) is 11.6 Å². The summed E-state index contributed by atoms with van der Waals surface area (Å²) in [7, 11) is 1.31. The number of aryl methyl sites for hydroxylation is 1. The quantitative estimate of drug-likeness (QED) is 0.513. The molecule has 0 aliphatic carbocycles. The van der Waals surface area contributed by atoms with Gasteiger partial charge in [0.1, 0.15) is 5.82 Å². The van der Waals surface area contributed by atoms with Crippen molar-refractivity contribution < 1.29 is 28.2 Å². The van der Waals surface area contributed by atoms with E-state index in [1.807, 2.05) is 11.0 Å². The van der Waals surface area contributed by atoms with E-state index in [1.54, 1.807) is 0 Å². The zero-order chi connectivity index (χ0) is 24.3. The van der Waals surface area contributed by atoms with E-state index in [4.69, 9.17) is 4.74 Å². The number of rotatable bonds is 9. The summed E-state index contributed by atoms with van der Waals surface area (Å²) in [5.74, 6) is -1.89. The average Bonchev–Trinajstić information content (AvgIpc) is 2.80. The molecule has 3 heterocycles. The number of amides is 1. The number of halogens is 2. The third kappa shape index (κ3) is 5.27. The van der Waals surface area contributed by atoms with E-state index < -0.39 is 35.8 Å². The number of hydrogen-bond donors (Lipinski definition) is 3. The normalized spacial score (nSPS) is 17.6. The number of fused-ring (bicyclic) bond motifs is 1. The maximum Gasteiger partial charge on any atom is 0.305 e. The molecule has 8 nitrogen and oxygen atoms in total. The van der Waals surface area contributed by atoms with Crippen molar-refractivity contribution in [1.82, 2.24) is 15.2 Å². The minimum Gasteiger partial charge on any atom is -0.494 e. The molecule has 2 aromatic rings. The zero-order valence-electron chi connectivity index (χ0n) is 18.9. The van der Waals surface area contributed by atoms with E-state index in [0.717, 1.165) is 37.0 Å². The molecule has 2 aliphatic rings. The lowest BCUT2D eigenvalue weighted by atomic mass is 9.93. The summed E-state index contributed by atoms with van der Waals surface area (Å²) >= 11 is 0. The van der Waals surface area contributed by atoms with Gasteiger partial charge in [0.25, 0.3) is 5.91 Å². The Labute approximate surface area is 196 Å². The molecule has 1 aromatic carbocycles. The first-order valence-corrected chi connectivity index (χ1v) is 11.3. The molecule has 2 aliphatic heterocycles. The first-order valence-electron chi connectivity index (χ1n) is 11.3. The lowest BCUT2D eigenvalue weighted by Crippen LogP contribution is -2.66. The smallest absolute Gasteiger partial charge is 0.305 e. The van der Waals surface area contributed by atoms with Crippen molar-refractivity contribution in [3.8, 4) is 5.75 Å². The molecule has 10 heteroatoms. The fourth-order valence-electron chi connectivity index (χ4n) is 4.36. The van der Waals surface area contributed by atoms with E-state index in [2.05, 4.69) is 21.7 Å². The van der Waals surface area contributed by atoms with Crippen molar-refractivity contribution in [3.05, 3.63) is 53.0 Å². The van der Waals surface area contributed by atoms with Crippen LogP contribution >= 0.6 is 0 Å². The molecule has 4 rings (SSSR count). The predicted molar refractivity (Wildman–Crippen MR) is 121 cm³/mol. The van der Waals surface area contributed by atoms with Crippen LogP contribution in [0.15, 0.2) is 30.3 Å². The Morgan fingerprint density at radius 2 is 2.12 bits per heavy atom. The predicted octanol–water partition coefficient (Wildman–Crippen LogP) is 2.49. The number of pyridine rings is 1. The van der Waals surface area contributed by atoms with E-state index >= 15 is 4.39 Å². The molecule has 1 amide bonds. The molecular weight excluding hydrogens is 446 g/mol. The number of ether oxygens (including phenoxy) is 1. The Morgan fingerprint density at radius 3 is 2.82 bits per heavy atom. The van der Waals surface area contributed by atoms with Gasteiger partial charge in [-0.05, 0) is 42.2 Å². The molecular formula is C24H28F2N4O4. The molecule has 3 N–H and O–H groups in total. The van der Waals surface area contributed by atoms with E-state index in [-0.39, 0.29) is 24.4 Å². The topological polar surface area (TPSA) is 104 Å². The van der Waals surface area contributed by atoms with Crippen LogP contribution in [0.3, 0.4) is 0 Å². The second-order valence-corrected chi connectivity index (χ2v) is 8.78. The van der Waals surface area contributed by atoms with Crippen LogP contribution in [-0.4, -0.2) is 65.8 Å². The Morgan fingerprint density at radius 1 is 1.32 bits per heavy atom. The van der Waals surface area contributed by atoms with Crippen LogP contribution in [0.25, 0.3) is 0 Å². The standard InChI is InChI=1S/C24H28F2N4O4/c1-34-20-7-5-16(11-18(20)25)19(12-21(31)32)29-23(33)24(26)13-30(14-24)10-8-17-6-4-15-3-2-9-27-22(15)28-17/h4-7,11,19H,2-3,8-10,12-14H2,1H3,(H,27,28)(H,29,33)(H,31,32)/t19-/m0/s1. The Kier molecular flexibility index (Phi) is 6.97. The summed E-state index contributed by atoms with van der Waals surface area (Å²) in [6.45, 7) is 1.26. The number of carbonyl (C=O) groups is 2. The molecule has 34 heavy (non-hydrogen) atoms. The first-order chi connectivity index (χ1) is 16.3. The Bertz CT molecular complexity index is 1070. The van der Waals surface area contributed by atoms with Crippen LogP contribution in [0.5, 0.6) is 5.75 Å². The number of aliphatic carboxylic acids is 1. The van der Waals surface area contributed by atoms with Crippen molar-refractivity contribution in [3.63, 3.8) is 0 Å². The summed E-state index contributed by atoms with van der Waals surface area (Å²) in [5.41, 5.74) is 0.191. The van der Waals surface area contributed by atoms with E-state index in [1.165, 1.54) is 24.8 Å². The number of aromatic nitrogens is 1. The summed E-state index contributed by atoms with van der Waals surface area (Å²) in [4.78, 5) is 30.4. The SMILES string of the molecule is COc1ccc([C@H](CC(=O)O)NC(=O)C2(F)CN(CCc3ccc4c(n3)NCCC4)C2)cc1F. The maximum absolute atomic E-state index is 15.2. The van der Waals surface area contributed by atoms with Crippen molar-refractivity contribution in [2.45, 2.75) is 37.4 Å². The van der Waals surface area contributed by atoms with Crippen LogP contribution < -0.4 is 15.4 Å². The highest BCUT2D eigenvalue weighted by Gasteiger charge is 2.50. The van der Waals surface area contributed by atoms with Crippen LogP contribution in [0.1, 0.15) is 35.7 Å². The number of methoxy groups -OCH3 is 1. The van der Waals surface area contributed by atoms with Gasteiger partial charge < -0.3 is 20.5 Å². The number of anilines is 1. The van der Waals surface area contributed by atoms with Gasteiger partial charge in [0.2, 0.25) is 5.67 Å². The maximum atomic E-state index is 15.2. The van der Waals surface area contributed by atoms with Crippen molar-refractivity contribution in [2.24, 2.45) is 0 Å². The van der Waals surface area contributed by atoms with Crippen molar-refractivity contribution >= 4 is 17.7 Å². The molecule has 0 spiro atoms. The largest absolute Gasteiger partial charge is 0.494 e. The molecule has 1 fully saturated rings. The second kappa shape index (κ2) is 9.92. The second-order valence-electron chi connectivity index (χ2n) is 8.78.